The van der Waals surface area contributed by atoms with Gasteiger partial charge in [-0.05, 0) is 36.6 Å². The van der Waals surface area contributed by atoms with Crippen molar-refractivity contribution in [3.05, 3.63) is 23.3 Å². The first-order chi connectivity index (χ1) is 9.24. The van der Waals surface area contributed by atoms with Gasteiger partial charge in [-0.1, -0.05) is 13.3 Å². The molecule has 104 valence electrons. The van der Waals surface area contributed by atoms with E-state index in [4.69, 9.17) is 14.2 Å². The maximum absolute atomic E-state index is 11.3. The van der Waals surface area contributed by atoms with Crippen LogP contribution in [0.4, 0.5) is 4.79 Å². The van der Waals surface area contributed by atoms with Crippen LogP contribution in [0.2, 0.25) is 0 Å². The molecule has 1 aliphatic rings. The Labute approximate surface area is 112 Å². The molecule has 1 aromatic carbocycles. The number of hydrogen-bond donors (Lipinski definition) is 1. The van der Waals surface area contributed by atoms with Crippen molar-refractivity contribution in [1.82, 2.24) is 5.32 Å². The van der Waals surface area contributed by atoms with E-state index in [1.165, 1.54) is 0 Å². The van der Waals surface area contributed by atoms with E-state index < -0.39 is 6.09 Å². The molecule has 2 rings (SSSR count). The predicted molar refractivity (Wildman–Crippen MR) is 70.4 cm³/mol. The van der Waals surface area contributed by atoms with Crippen molar-refractivity contribution in [1.29, 1.82) is 0 Å². The summed E-state index contributed by atoms with van der Waals surface area (Å²) in [5.41, 5.74) is 2.11. The van der Waals surface area contributed by atoms with Gasteiger partial charge in [0.05, 0.1) is 0 Å². The number of carbonyl (C=O) groups excluding carboxylic acids is 1. The normalized spacial score (nSPS) is 12.3. The molecule has 0 radical (unpaired) electrons. The summed E-state index contributed by atoms with van der Waals surface area (Å²) in [6, 6.07) is 3.87. The lowest BCUT2D eigenvalue weighted by molar-refractivity contribution is 0.139. The van der Waals surface area contributed by atoms with Crippen molar-refractivity contribution in [2.45, 2.75) is 33.3 Å². The number of rotatable bonds is 5. The highest BCUT2D eigenvalue weighted by atomic mass is 16.7. The van der Waals surface area contributed by atoms with E-state index in [1.807, 2.05) is 19.1 Å². The van der Waals surface area contributed by atoms with Gasteiger partial charge in [-0.15, -0.1) is 0 Å². The number of nitrogens with one attached hydrogen (secondary N) is 1. The van der Waals surface area contributed by atoms with Gasteiger partial charge in [0.1, 0.15) is 6.61 Å². The van der Waals surface area contributed by atoms with Crippen LogP contribution in [0.1, 0.15) is 31.4 Å². The minimum absolute atomic E-state index is 0.248. The predicted octanol–water partition coefficient (Wildman–Crippen LogP) is 2.61. The molecule has 0 spiro atoms. The first-order valence-corrected chi connectivity index (χ1v) is 6.56. The molecule has 1 amide bonds. The van der Waals surface area contributed by atoms with Crippen LogP contribution < -0.4 is 14.8 Å². The fraction of sp³-hybridized carbons (Fsp3) is 0.500. The second-order valence-corrected chi connectivity index (χ2v) is 4.33. The summed E-state index contributed by atoms with van der Waals surface area (Å²) < 4.78 is 15.9. The molecule has 0 saturated heterocycles. The first-order valence-electron chi connectivity index (χ1n) is 6.56. The molecular weight excluding hydrogens is 246 g/mol. The number of amides is 1. The molecule has 5 heteroatoms. The summed E-state index contributed by atoms with van der Waals surface area (Å²) >= 11 is 0. The zero-order chi connectivity index (χ0) is 13.7. The number of benzene rings is 1. The van der Waals surface area contributed by atoms with Crippen LogP contribution >= 0.6 is 0 Å². The molecule has 1 aliphatic heterocycles. The van der Waals surface area contributed by atoms with Crippen LogP contribution in [0.3, 0.4) is 0 Å². The molecule has 5 nitrogen and oxygen atoms in total. The van der Waals surface area contributed by atoms with Crippen molar-refractivity contribution < 1.29 is 19.0 Å². The third-order valence-corrected chi connectivity index (χ3v) is 2.89. The molecule has 0 unspecified atom stereocenters. The number of fused-ring (bicyclic) bond motifs is 1. The van der Waals surface area contributed by atoms with E-state index in [0.29, 0.717) is 12.3 Å². The Hall–Kier alpha value is -1.91. The Morgan fingerprint density at radius 2 is 1.95 bits per heavy atom. The van der Waals surface area contributed by atoms with E-state index >= 15 is 0 Å². The number of carbonyl (C=O) groups is 1. The lowest BCUT2D eigenvalue weighted by atomic mass is 10.0. The van der Waals surface area contributed by atoms with Crippen LogP contribution in [-0.2, 0) is 17.8 Å². The molecule has 0 bridgehead atoms. The Kier molecular flexibility index (Phi) is 4.49. The fourth-order valence-corrected chi connectivity index (χ4v) is 2.00. The van der Waals surface area contributed by atoms with Crippen LogP contribution in [0.15, 0.2) is 12.1 Å². The third-order valence-electron chi connectivity index (χ3n) is 2.89. The van der Waals surface area contributed by atoms with Gasteiger partial charge in [-0.2, -0.15) is 0 Å². The summed E-state index contributed by atoms with van der Waals surface area (Å²) in [5.74, 6) is 1.49. The Morgan fingerprint density at radius 3 is 2.58 bits per heavy atom. The zero-order valence-electron chi connectivity index (χ0n) is 11.3. The molecular formula is C14H19NO4. The van der Waals surface area contributed by atoms with E-state index in [-0.39, 0.29) is 13.4 Å². The van der Waals surface area contributed by atoms with Gasteiger partial charge in [0.25, 0.3) is 0 Å². The van der Waals surface area contributed by atoms with Crippen LogP contribution in [-0.4, -0.2) is 19.4 Å². The smallest absolute Gasteiger partial charge is 0.407 e. The van der Waals surface area contributed by atoms with Crippen molar-refractivity contribution in [2.75, 3.05) is 13.3 Å². The highest BCUT2D eigenvalue weighted by Crippen LogP contribution is 2.35. The van der Waals surface area contributed by atoms with Gasteiger partial charge in [-0.25, -0.2) is 4.79 Å². The maximum atomic E-state index is 11.3. The number of aryl methyl sites for hydroxylation is 1. The van der Waals surface area contributed by atoms with Gasteiger partial charge < -0.3 is 19.5 Å². The quantitative estimate of drug-likeness (QED) is 0.889. The Morgan fingerprint density at radius 1 is 1.26 bits per heavy atom. The van der Waals surface area contributed by atoms with Gasteiger partial charge >= 0.3 is 6.09 Å². The van der Waals surface area contributed by atoms with Crippen LogP contribution in [0.25, 0.3) is 0 Å². The molecule has 0 atom stereocenters. The maximum Gasteiger partial charge on any atom is 0.407 e. The first kappa shape index (κ1) is 13.5. The summed E-state index contributed by atoms with van der Waals surface area (Å²) in [5, 5.41) is 2.60. The third kappa shape index (κ3) is 3.30. The van der Waals surface area contributed by atoms with Crippen molar-refractivity contribution in [3.8, 4) is 11.5 Å². The van der Waals surface area contributed by atoms with E-state index in [2.05, 4.69) is 12.2 Å². The molecule has 0 saturated carbocycles. The van der Waals surface area contributed by atoms with Crippen molar-refractivity contribution in [3.63, 3.8) is 0 Å². The molecule has 1 N–H and O–H groups in total. The summed E-state index contributed by atoms with van der Waals surface area (Å²) in [4.78, 5) is 11.3. The van der Waals surface area contributed by atoms with Gasteiger partial charge in [0, 0.05) is 6.54 Å². The minimum Gasteiger partial charge on any atom is -0.454 e. The number of alkyl carbamates (subject to hydrolysis) is 1. The van der Waals surface area contributed by atoms with E-state index in [1.54, 1.807) is 0 Å². The molecule has 0 fully saturated rings. The van der Waals surface area contributed by atoms with Gasteiger partial charge in [0.15, 0.2) is 11.5 Å². The highest BCUT2D eigenvalue weighted by molar-refractivity contribution is 5.67. The standard InChI is InChI=1S/C14H19NO4/c1-3-5-10-6-12-13(19-9-18-12)7-11(10)8-17-14(16)15-4-2/h6-7H,3-5,8-9H2,1-2H3,(H,15,16). The average molecular weight is 265 g/mol. The highest BCUT2D eigenvalue weighted by Gasteiger charge is 2.17. The monoisotopic (exact) mass is 265 g/mol. The Balaban J connectivity index is 2.11. The van der Waals surface area contributed by atoms with E-state index in [0.717, 1.165) is 29.7 Å². The largest absolute Gasteiger partial charge is 0.454 e. The van der Waals surface area contributed by atoms with Gasteiger partial charge in [-0.3, -0.25) is 0 Å². The minimum atomic E-state index is -0.400. The lowest BCUT2D eigenvalue weighted by Crippen LogP contribution is -2.23. The molecule has 0 aromatic heterocycles. The second kappa shape index (κ2) is 6.31. The van der Waals surface area contributed by atoms with Crippen LogP contribution in [0.5, 0.6) is 11.5 Å². The fourth-order valence-electron chi connectivity index (χ4n) is 2.00. The average Bonchev–Trinajstić information content (AvgIpc) is 2.84. The molecule has 0 aliphatic carbocycles. The van der Waals surface area contributed by atoms with Crippen molar-refractivity contribution >= 4 is 6.09 Å². The summed E-state index contributed by atoms with van der Waals surface area (Å²) in [6.45, 7) is 5.02. The second-order valence-electron chi connectivity index (χ2n) is 4.33. The zero-order valence-corrected chi connectivity index (χ0v) is 11.3. The molecule has 1 aromatic rings. The summed E-state index contributed by atoms with van der Waals surface area (Å²) in [7, 11) is 0. The number of hydrogen-bond acceptors (Lipinski definition) is 4. The number of ether oxygens (including phenoxy) is 3. The molecule has 1 heterocycles. The van der Waals surface area contributed by atoms with Crippen LogP contribution in [0, 0.1) is 0 Å². The lowest BCUT2D eigenvalue weighted by Gasteiger charge is -2.11. The molecule has 19 heavy (non-hydrogen) atoms. The Bertz CT molecular complexity index is 459. The van der Waals surface area contributed by atoms with Gasteiger partial charge in [0.2, 0.25) is 6.79 Å². The SMILES string of the molecule is CCCc1cc2c(cc1COC(=O)NCC)OCO2. The topological polar surface area (TPSA) is 56.8 Å². The summed E-state index contributed by atoms with van der Waals surface area (Å²) in [6.07, 6.45) is 1.54. The van der Waals surface area contributed by atoms with Crippen molar-refractivity contribution in [2.24, 2.45) is 0 Å². The van der Waals surface area contributed by atoms with E-state index in [9.17, 15) is 4.79 Å².